The van der Waals surface area contributed by atoms with Crippen molar-refractivity contribution in [3.05, 3.63) is 0 Å². The van der Waals surface area contributed by atoms with Crippen LogP contribution in [0.25, 0.3) is 0 Å². The van der Waals surface area contributed by atoms with Gasteiger partial charge in [-0.15, -0.1) is 0 Å². The lowest BCUT2D eigenvalue weighted by molar-refractivity contribution is 0.239. The highest BCUT2D eigenvalue weighted by Gasteiger charge is 2.15. The fraction of sp³-hybridized carbons (Fsp3) is 1.00. The molecular weight excluding hydrogens is 208 g/mol. The van der Waals surface area contributed by atoms with Crippen LogP contribution in [0.1, 0.15) is 26.7 Å². The molecule has 0 radical (unpaired) electrons. The van der Waals surface area contributed by atoms with E-state index in [4.69, 9.17) is 0 Å². The van der Waals surface area contributed by atoms with Crippen molar-refractivity contribution >= 4 is 10.8 Å². The average Bonchev–Trinajstić information content (AvgIpc) is 2.16. The second-order valence-electron chi connectivity index (χ2n) is 4.61. The van der Waals surface area contributed by atoms with Gasteiger partial charge in [0, 0.05) is 34.9 Å². The topological polar surface area (TPSA) is 32.3 Å². The zero-order valence-corrected chi connectivity index (χ0v) is 11.0. The quantitative estimate of drug-likeness (QED) is 0.782. The Kier molecular flexibility index (Phi) is 5.79. The van der Waals surface area contributed by atoms with Crippen molar-refractivity contribution in [3.63, 3.8) is 0 Å². The maximum Gasteiger partial charge on any atom is 0.0444 e. The van der Waals surface area contributed by atoms with E-state index in [9.17, 15) is 4.21 Å². The lowest BCUT2D eigenvalue weighted by Crippen LogP contribution is -2.41. The summed E-state index contributed by atoms with van der Waals surface area (Å²) in [5.41, 5.74) is 0. The van der Waals surface area contributed by atoms with Gasteiger partial charge in [-0.3, -0.25) is 4.21 Å². The number of hydrogen-bond acceptors (Lipinski definition) is 3. The minimum Gasteiger partial charge on any atom is -0.314 e. The molecule has 3 unspecified atom stereocenters. The van der Waals surface area contributed by atoms with E-state index >= 15 is 0 Å². The standard InChI is InChI=1S/C11H24N2OS/c1-10-5-8-13(7-4-6-12-10)9-11(2)15(3)14/h10-12H,4-9H2,1-3H3. The highest BCUT2D eigenvalue weighted by atomic mass is 32.2. The third-order valence-corrected chi connectivity index (χ3v) is 4.39. The van der Waals surface area contributed by atoms with Crippen molar-refractivity contribution in [2.45, 2.75) is 38.0 Å². The SMILES string of the molecule is CC1CCN(CC(C)S(C)=O)CCCN1. The van der Waals surface area contributed by atoms with E-state index in [0.29, 0.717) is 11.3 Å². The molecule has 90 valence electrons. The van der Waals surface area contributed by atoms with Crippen molar-refractivity contribution in [1.82, 2.24) is 10.2 Å². The van der Waals surface area contributed by atoms with Crippen molar-refractivity contribution in [3.8, 4) is 0 Å². The zero-order valence-electron chi connectivity index (χ0n) is 10.2. The van der Waals surface area contributed by atoms with E-state index < -0.39 is 10.8 Å². The average molecular weight is 232 g/mol. The monoisotopic (exact) mass is 232 g/mol. The molecule has 1 N–H and O–H groups in total. The van der Waals surface area contributed by atoms with Gasteiger partial charge in [0.05, 0.1) is 0 Å². The van der Waals surface area contributed by atoms with Crippen molar-refractivity contribution < 1.29 is 4.21 Å². The van der Waals surface area contributed by atoms with Gasteiger partial charge in [-0.2, -0.15) is 0 Å². The molecule has 3 nitrogen and oxygen atoms in total. The maximum atomic E-state index is 11.3. The largest absolute Gasteiger partial charge is 0.314 e. The first-order valence-electron chi connectivity index (χ1n) is 5.87. The molecule has 1 heterocycles. The van der Waals surface area contributed by atoms with Crippen LogP contribution < -0.4 is 5.32 Å². The minimum atomic E-state index is -0.688. The lowest BCUT2D eigenvalue weighted by Gasteiger charge is -2.29. The molecule has 0 bridgehead atoms. The molecule has 1 saturated heterocycles. The first-order chi connectivity index (χ1) is 7.09. The van der Waals surface area contributed by atoms with E-state index in [1.807, 2.05) is 0 Å². The van der Waals surface area contributed by atoms with Crippen molar-refractivity contribution in [2.24, 2.45) is 0 Å². The van der Waals surface area contributed by atoms with Gasteiger partial charge >= 0.3 is 0 Å². The van der Waals surface area contributed by atoms with Crippen LogP contribution >= 0.6 is 0 Å². The Morgan fingerprint density at radius 1 is 1.53 bits per heavy atom. The summed E-state index contributed by atoms with van der Waals surface area (Å²) in [5.74, 6) is 0. The summed E-state index contributed by atoms with van der Waals surface area (Å²) in [6, 6.07) is 0.621. The van der Waals surface area contributed by atoms with Gasteiger partial charge in [0.15, 0.2) is 0 Å². The molecule has 0 aliphatic carbocycles. The normalized spacial score (nSPS) is 29.1. The molecule has 4 heteroatoms. The number of hydrogen-bond donors (Lipinski definition) is 1. The van der Waals surface area contributed by atoms with Crippen LogP contribution in [-0.4, -0.2) is 52.8 Å². The van der Waals surface area contributed by atoms with Gasteiger partial charge in [-0.1, -0.05) is 0 Å². The highest BCUT2D eigenvalue weighted by molar-refractivity contribution is 7.84. The van der Waals surface area contributed by atoms with E-state index in [0.717, 1.165) is 26.2 Å². The summed E-state index contributed by atoms with van der Waals surface area (Å²) in [7, 11) is -0.688. The first kappa shape index (κ1) is 13.1. The van der Waals surface area contributed by atoms with Crippen molar-refractivity contribution in [2.75, 3.05) is 32.4 Å². The molecule has 0 amide bonds. The third-order valence-electron chi connectivity index (χ3n) is 3.10. The molecule has 0 spiro atoms. The summed E-state index contributed by atoms with van der Waals surface area (Å²) in [4.78, 5) is 2.46. The summed E-state index contributed by atoms with van der Waals surface area (Å²) < 4.78 is 11.3. The second kappa shape index (κ2) is 6.61. The summed E-state index contributed by atoms with van der Waals surface area (Å²) >= 11 is 0. The Balaban J connectivity index is 2.35. The van der Waals surface area contributed by atoms with Gasteiger partial charge in [-0.25, -0.2) is 0 Å². The highest BCUT2D eigenvalue weighted by Crippen LogP contribution is 2.05. The molecular formula is C11H24N2OS. The first-order valence-corrected chi connectivity index (χ1v) is 7.49. The molecule has 1 aliphatic heterocycles. The van der Waals surface area contributed by atoms with Gasteiger partial charge in [0.2, 0.25) is 0 Å². The minimum absolute atomic E-state index is 0.299. The predicted octanol–water partition coefficient (Wildman–Crippen LogP) is 0.827. The van der Waals surface area contributed by atoms with Gasteiger partial charge in [-0.05, 0) is 46.3 Å². The maximum absolute atomic E-state index is 11.3. The molecule has 1 fully saturated rings. The summed E-state index contributed by atoms with van der Waals surface area (Å²) in [5, 5.41) is 3.79. The zero-order chi connectivity index (χ0) is 11.3. The fourth-order valence-electron chi connectivity index (χ4n) is 1.89. The van der Waals surface area contributed by atoms with Crippen LogP contribution in [0.3, 0.4) is 0 Å². The molecule has 3 atom stereocenters. The van der Waals surface area contributed by atoms with E-state index in [-0.39, 0.29) is 0 Å². The summed E-state index contributed by atoms with van der Waals surface area (Å²) in [6.45, 7) is 8.69. The number of rotatable bonds is 3. The van der Waals surface area contributed by atoms with Gasteiger partial charge in [0.1, 0.15) is 0 Å². The van der Waals surface area contributed by atoms with E-state index in [2.05, 4.69) is 24.1 Å². The predicted molar refractivity (Wildman–Crippen MR) is 66.7 cm³/mol. The van der Waals surface area contributed by atoms with Crippen LogP contribution in [0.5, 0.6) is 0 Å². The molecule has 1 rings (SSSR count). The van der Waals surface area contributed by atoms with Crippen LogP contribution in [0.4, 0.5) is 0 Å². The van der Waals surface area contributed by atoms with Crippen LogP contribution in [0.2, 0.25) is 0 Å². The molecule has 0 aromatic carbocycles. The van der Waals surface area contributed by atoms with E-state index in [1.54, 1.807) is 6.26 Å². The Labute approximate surface area is 96.1 Å². The van der Waals surface area contributed by atoms with Crippen LogP contribution in [0.15, 0.2) is 0 Å². The number of nitrogens with one attached hydrogen (secondary N) is 1. The molecule has 1 aliphatic rings. The Morgan fingerprint density at radius 2 is 2.27 bits per heavy atom. The number of nitrogens with zero attached hydrogens (tertiary/aromatic N) is 1. The van der Waals surface area contributed by atoms with Crippen molar-refractivity contribution in [1.29, 1.82) is 0 Å². The fourth-order valence-corrected chi connectivity index (χ4v) is 2.31. The molecule has 15 heavy (non-hydrogen) atoms. The summed E-state index contributed by atoms with van der Waals surface area (Å²) in [6.07, 6.45) is 4.20. The molecule has 0 aromatic heterocycles. The van der Waals surface area contributed by atoms with Crippen LogP contribution in [-0.2, 0) is 10.8 Å². The Bertz CT molecular complexity index is 211. The third kappa shape index (κ3) is 5.09. The molecule has 0 saturated carbocycles. The van der Waals surface area contributed by atoms with Gasteiger partial charge in [0.25, 0.3) is 0 Å². The smallest absolute Gasteiger partial charge is 0.0444 e. The Morgan fingerprint density at radius 3 is 2.93 bits per heavy atom. The molecule has 0 aromatic rings. The second-order valence-corrected chi connectivity index (χ2v) is 6.41. The van der Waals surface area contributed by atoms with Crippen LogP contribution in [0, 0.1) is 0 Å². The lowest BCUT2D eigenvalue weighted by atomic mass is 10.2. The Hall–Kier alpha value is 0.0700. The van der Waals surface area contributed by atoms with E-state index in [1.165, 1.54) is 12.8 Å². The van der Waals surface area contributed by atoms with Gasteiger partial charge < -0.3 is 10.2 Å².